The van der Waals surface area contributed by atoms with Crippen LogP contribution in [0.15, 0.2) is 22.9 Å². The molecule has 34 heavy (non-hydrogen) atoms. The number of oxazole rings is 1. The van der Waals surface area contributed by atoms with E-state index >= 15 is 0 Å². The third kappa shape index (κ3) is 4.48. The average Bonchev–Trinajstić information content (AvgIpc) is 3.12. The number of nitrogens with one attached hydrogen (secondary N) is 1. The van der Waals surface area contributed by atoms with Gasteiger partial charge in [-0.1, -0.05) is 20.8 Å². The second-order valence-electron chi connectivity index (χ2n) is 11.1. The fraction of sp³-hybridized carbons (Fsp3) is 0.583. The smallest absolute Gasteiger partial charge is 0.298 e. The number of aryl methyl sites for hydroxylation is 1. The highest BCUT2D eigenvalue weighted by Crippen LogP contribution is 2.43. The summed E-state index contributed by atoms with van der Waals surface area (Å²) >= 11 is 0. The molecule has 2 fully saturated rings. The SMILES string of the molecule is Cn1cc2cc(NC(=O)c3coc(N4CCC(O[Si](C)(C)C(C)(C)C)C4)n3)c(C3CC3)nc2n1. The van der Waals surface area contributed by atoms with Crippen molar-refractivity contribution in [1.82, 2.24) is 19.7 Å². The summed E-state index contributed by atoms with van der Waals surface area (Å²) in [4.78, 5) is 24.3. The Bertz CT molecular complexity index is 1220. The molecule has 2 aliphatic rings. The third-order valence-electron chi connectivity index (χ3n) is 7.26. The number of fused-ring (bicyclic) bond motifs is 1. The Morgan fingerprint density at radius 1 is 1.24 bits per heavy atom. The van der Waals surface area contributed by atoms with Gasteiger partial charge in [0.2, 0.25) is 0 Å². The molecule has 1 aliphatic heterocycles. The lowest BCUT2D eigenvalue weighted by atomic mass is 10.2. The van der Waals surface area contributed by atoms with Crippen LogP contribution in [-0.4, -0.2) is 53.2 Å². The first kappa shape index (κ1) is 23.0. The molecule has 0 radical (unpaired) electrons. The van der Waals surface area contributed by atoms with E-state index < -0.39 is 8.32 Å². The van der Waals surface area contributed by atoms with E-state index in [0.29, 0.717) is 17.6 Å². The Balaban J connectivity index is 1.27. The Morgan fingerprint density at radius 3 is 2.71 bits per heavy atom. The first-order valence-corrected chi connectivity index (χ1v) is 14.9. The lowest BCUT2D eigenvalue weighted by Gasteiger charge is -2.38. The monoisotopic (exact) mass is 482 g/mol. The first-order valence-electron chi connectivity index (χ1n) is 12.0. The highest BCUT2D eigenvalue weighted by Gasteiger charge is 2.41. The van der Waals surface area contributed by atoms with Crippen molar-refractivity contribution in [1.29, 1.82) is 0 Å². The fourth-order valence-corrected chi connectivity index (χ4v) is 5.53. The second kappa shape index (κ2) is 8.19. The van der Waals surface area contributed by atoms with Crippen LogP contribution in [0.4, 0.5) is 11.7 Å². The molecular weight excluding hydrogens is 448 g/mol. The average molecular weight is 483 g/mol. The molecule has 4 heterocycles. The normalized spacial score (nSPS) is 19.2. The number of rotatable bonds is 6. The molecule has 1 saturated carbocycles. The van der Waals surface area contributed by atoms with Gasteiger partial charge in [0.05, 0.1) is 17.5 Å². The van der Waals surface area contributed by atoms with Crippen LogP contribution in [0.3, 0.4) is 0 Å². The van der Waals surface area contributed by atoms with Crippen molar-refractivity contribution in [3.63, 3.8) is 0 Å². The van der Waals surface area contributed by atoms with Gasteiger partial charge in [-0.15, -0.1) is 0 Å². The molecule has 0 aromatic carbocycles. The minimum atomic E-state index is -1.84. The van der Waals surface area contributed by atoms with Gasteiger partial charge in [-0.25, -0.2) is 4.98 Å². The number of nitrogens with zero attached hydrogens (tertiary/aromatic N) is 5. The Labute approximate surface area is 201 Å². The molecule has 3 aromatic heterocycles. The summed E-state index contributed by atoms with van der Waals surface area (Å²) in [5, 5.41) is 8.48. The zero-order valence-corrected chi connectivity index (χ0v) is 21.9. The Hall–Kier alpha value is -2.72. The van der Waals surface area contributed by atoms with Crippen molar-refractivity contribution in [2.45, 2.75) is 70.2 Å². The molecular formula is C24H34N6O3Si. The van der Waals surface area contributed by atoms with Gasteiger partial charge in [-0.05, 0) is 43.5 Å². The highest BCUT2D eigenvalue weighted by atomic mass is 28.4. The number of carbonyl (C=O) groups excluding carboxylic acids is 1. The van der Waals surface area contributed by atoms with Crippen molar-refractivity contribution in [2.24, 2.45) is 7.05 Å². The van der Waals surface area contributed by atoms with E-state index in [0.717, 1.165) is 49.1 Å². The van der Waals surface area contributed by atoms with Gasteiger partial charge in [-0.2, -0.15) is 10.1 Å². The van der Waals surface area contributed by atoms with Crippen molar-refractivity contribution >= 4 is 37.0 Å². The number of anilines is 2. The van der Waals surface area contributed by atoms with Crippen molar-refractivity contribution in [3.05, 3.63) is 29.9 Å². The van der Waals surface area contributed by atoms with Crippen LogP contribution in [0.25, 0.3) is 11.0 Å². The van der Waals surface area contributed by atoms with Crippen LogP contribution in [0.1, 0.15) is 62.1 Å². The largest absolute Gasteiger partial charge is 0.431 e. The van der Waals surface area contributed by atoms with Crippen LogP contribution in [-0.2, 0) is 11.5 Å². The minimum Gasteiger partial charge on any atom is -0.431 e. The van der Waals surface area contributed by atoms with E-state index in [1.807, 2.05) is 19.3 Å². The lowest BCUT2D eigenvalue weighted by Crippen LogP contribution is -2.44. The van der Waals surface area contributed by atoms with Crippen molar-refractivity contribution in [2.75, 3.05) is 23.3 Å². The molecule has 1 unspecified atom stereocenters. The summed E-state index contributed by atoms with van der Waals surface area (Å²) in [5.41, 5.74) is 2.58. The Kier molecular flexibility index (Phi) is 5.55. The number of hydrogen-bond acceptors (Lipinski definition) is 7. The molecule has 0 bridgehead atoms. The zero-order chi connectivity index (χ0) is 24.3. The molecule has 1 amide bonds. The van der Waals surface area contributed by atoms with Gasteiger partial charge in [0, 0.05) is 37.6 Å². The van der Waals surface area contributed by atoms with E-state index in [4.69, 9.17) is 13.8 Å². The van der Waals surface area contributed by atoms with E-state index in [-0.39, 0.29) is 22.7 Å². The fourth-order valence-electron chi connectivity index (χ4n) is 4.15. The third-order valence-corrected chi connectivity index (χ3v) is 11.8. The van der Waals surface area contributed by atoms with Gasteiger partial charge >= 0.3 is 0 Å². The molecule has 9 nitrogen and oxygen atoms in total. The highest BCUT2D eigenvalue weighted by molar-refractivity contribution is 6.74. The predicted molar refractivity (Wildman–Crippen MR) is 134 cm³/mol. The Morgan fingerprint density at radius 2 is 2.00 bits per heavy atom. The van der Waals surface area contributed by atoms with Crippen LogP contribution in [0.2, 0.25) is 18.1 Å². The van der Waals surface area contributed by atoms with E-state index in [2.05, 4.69) is 54.2 Å². The number of amides is 1. The molecule has 10 heteroatoms. The molecule has 1 saturated heterocycles. The van der Waals surface area contributed by atoms with Crippen molar-refractivity contribution < 1.29 is 13.6 Å². The maximum Gasteiger partial charge on any atom is 0.298 e. The molecule has 1 aliphatic carbocycles. The predicted octanol–water partition coefficient (Wildman–Crippen LogP) is 4.69. The van der Waals surface area contributed by atoms with Crippen LogP contribution >= 0.6 is 0 Å². The van der Waals surface area contributed by atoms with E-state index in [9.17, 15) is 4.79 Å². The topological polar surface area (TPSA) is 98.3 Å². The maximum absolute atomic E-state index is 13.0. The van der Waals surface area contributed by atoms with Gasteiger partial charge < -0.3 is 19.1 Å². The quantitative estimate of drug-likeness (QED) is 0.509. The molecule has 5 rings (SSSR count). The van der Waals surface area contributed by atoms with E-state index in [1.165, 1.54) is 6.26 Å². The molecule has 1 N–H and O–H groups in total. The van der Waals surface area contributed by atoms with Gasteiger partial charge in [0.25, 0.3) is 11.9 Å². The lowest BCUT2D eigenvalue weighted by molar-refractivity contribution is 0.102. The van der Waals surface area contributed by atoms with Gasteiger partial charge in [-0.3, -0.25) is 9.48 Å². The summed E-state index contributed by atoms with van der Waals surface area (Å²) < 4.78 is 14.0. The van der Waals surface area contributed by atoms with Gasteiger partial charge in [0.1, 0.15) is 6.26 Å². The molecule has 182 valence electrons. The zero-order valence-electron chi connectivity index (χ0n) is 20.9. The molecule has 1 atom stereocenters. The number of hydrogen-bond donors (Lipinski definition) is 1. The maximum atomic E-state index is 13.0. The summed E-state index contributed by atoms with van der Waals surface area (Å²) in [5.74, 6) is 0.0761. The second-order valence-corrected chi connectivity index (χ2v) is 15.9. The summed E-state index contributed by atoms with van der Waals surface area (Å²) in [7, 11) is 0.0310. The molecule has 3 aromatic rings. The summed E-state index contributed by atoms with van der Waals surface area (Å²) in [6.45, 7) is 12.8. The summed E-state index contributed by atoms with van der Waals surface area (Å²) in [6.07, 6.45) is 6.57. The van der Waals surface area contributed by atoms with Crippen molar-refractivity contribution in [3.8, 4) is 0 Å². The number of carbonyl (C=O) groups is 1. The number of aromatic nitrogens is 4. The van der Waals surface area contributed by atoms with Crippen LogP contribution in [0.5, 0.6) is 0 Å². The van der Waals surface area contributed by atoms with Crippen LogP contribution in [0, 0.1) is 0 Å². The number of pyridine rings is 1. The molecule has 0 spiro atoms. The first-order chi connectivity index (χ1) is 16.0. The van der Waals surface area contributed by atoms with Crippen LogP contribution < -0.4 is 10.2 Å². The van der Waals surface area contributed by atoms with E-state index in [1.54, 1.807) is 4.68 Å². The summed E-state index contributed by atoms with van der Waals surface area (Å²) in [6, 6.07) is 2.42. The standard InChI is InChI=1S/C24H34N6O3Si/c1-24(2,3)34(5,6)33-17-9-10-30(13-17)23-26-19(14-32-23)22(31)25-18-11-16-12-29(4)28-21(16)27-20(18)15-7-8-15/h11-12,14-15,17H,7-10,13H2,1-6H3,(H,25,31). The minimum absolute atomic E-state index is 0.156. The van der Waals surface area contributed by atoms with Gasteiger partial charge in [0.15, 0.2) is 19.7 Å².